The number of amides is 2. The van der Waals surface area contributed by atoms with E-state index in [9.17, 15) is 28.1 Å². The molecule has 3 rings (SSSR count). The molecule has 0 saturated heterocycles. The predicted octanol–water partition coefficient (Wildman–Crippen LogP) is 2.38. The molecule has 1 heterocycles. The van der Waals surface area contributed by atoms with Gasteiger partial charge in [-0.1, -0.05) is 12.1 Å². The van der Waals surface area contributed by atoms with E-state index in [1.807, 2.05) is 0 Å². The average Bonchev–Trinajstić information content (AvgIpc) is 2.96. The Morgan fingerprint density at radius 3 is 2.42 bits per heavy atom. The topological polar surface area (TPSA) is 133 Å². The van der Waals surface area contributed by atoms with Crippen molar-refractivity contribution < 1.29 is 32.4 Å². The lowest BCUT2D eigenvalue weighted by molar-refractivity contribution is -0.385. The van der Waals surface area contributed by atoms with Crippen molar-refractivity contribution in [3.8, 4) is 11.5 Å². The molecule has 0 saturated carbocycles. The van der Waals surface area contributed by atoms with E-state index in [4.69, 9.17) is 9.47 Å². The fourth-order valence-corrected chi connectivity index (χ4v) is 4.41. The Morgan fingerprint density at radius 2 is 1.84 bits per heavy atom. The maximum Gasteiger partial charge on any atom is 0.282 e. The minimum atomic E-state index is -3.66. The highest BCUT2D eigenvalue weighted by molar-refractivity contribution is 7.90. The van der Waals surface area contributed by atoms with Gasteiger partial charge in [-0.2, -0.15) is 0 Å². The highest BCUT2D eigenvalue weighted by atomic mass is 32.2. The van der Waals surface area contributed by atoms with E-state index in [1.54, 1.807) is 6.92 Å². The summed E-state index contributed by atoms with van der Waals surface area (Å²) in [5.41, 5.74) is -0.696. The van der Waals surface area contributed by atoms with Gasteiger partial charge in [-0.15, -0.1) is 0 Å². The summed E-state index contributed by atoms with van der Waals surface area (Å²) in [4.78, 5) is 37.5. The summed E-state index contributed by atoms with van der Waals surface area (Å²) in [5, 5.41) is 11.4. The molecule has 0 spiro atoms. The Balaban J connectivity index is 2.16. The third-order valence-electron chi connectivity index (χ3n) is 4.77. The number of sulfone groups is 1. The van der Waals surface area contributed by atoms with E-state index in [2.05, 4.69) is 0 Å². The first-order valence-electron chi connectivity index (χ1n) is 9.22. The molecule has 0 N–H and O–H groups in total. The van der Waals surface area contributed by atoms with Gasteiger partial charge in [-0.05, 0) is 30.7 Å². The molecule has 0 bridgehead atoms. The van der Waals surface area contributed by atoms with Gasteiger partial charge in [0.15, 0.2) is 11.5 Å². The van der Waals surface area contributed by atoms with Crippen molar-refractivity contribution in [3.05, 3.63) is 63.2 Å². The molecule has 0 fully saturated rings. The van der Waals surface area contributed by atoms with Crippen LogP contribution in [0.2, 0.25) is 0 Å². The summed E-state index contributed by atoms with van der Waals surface area (Å²) in [5.74, 6) is -1.59. The molecule has 164 valence electrons. The summed E-state index contributed by atoms with van der Waals surface area (Å²) in [6.07, 6.45) is 0.980. The summed E-state index contributed by atoms with van der Waals surface area (Å²) in [6.45, 7) is 2.05. The number of nitro groups is 1. The van der Waals surface area contributed by atoms with Gasteiger partial charge in [0.2, 0.25) is 0 Å². The lowest BCUT2D eigenvalue weighted by Gasteiger charge is -2.26. The SMILES string of the molecule is CCOc1cc(C(CS(C)(=O)=O)N2C(=O)c3cccc([N+](=O)[O-])c3C2=O)ccc1OC. The van der Waals surface area contributed by atoms with Gasteiger partial charge in [0.25, 0.3) is 17.5 Å². The van der Waals surface area contributed by atoms with Gasteiger partial charge in [-0.25, -0.2) is 8.42 Å². The number of fused-ring (bicyclic) bond motifs is 1. The van der Waals surface area contributed by atoms with Crippen LogP contribution in [0.15, 0.2) is 36.4 Å². The second-order valence-electron chi connectivity index (χ2n) is 6.89. The lowest BCUT2D eigenvalue weighted by atomic mass is 10.1. The quantitative estimate of drug-likeness (QED) is 0.341. The van der Waals surface area contributed by atoms with Crippen molar-refractivity contribution in [1.82, 2.24) is 4.90 Å². The second-order valence-corrected chi connectivity index (χ2v) is 9.07. The molecule has 1 unspecified atom stereocenters. The van der Waals surface area contributed by atoms with Crippen LogP contribution in [0.5, 0.6) is 11.5 Å². The van der Waals surface area contributed by atoms with Gasteiger partial charge in [0, 0.05) is 12.3 Å². The lowest BCUT2D eigenvalue weighted by Crippen LogP contribution is -2.37. The van der Waals surface area contributed by atoms with E-state index in [1.165, 1.54) is 37.4 Å². The predicted molar refractivity (Wildman–Crippen MR) is 110 cm³/mol. The smallest absolute Gasteiger partial charge is 0.282 e. The third-order valence-corrected chi connectivity index (χ3v) is 5.69. The zero-order chi connectivity index (χ0) is 22.9. The molecule has 2 aromatic carbocycles. The van der Waals surface area contributed by atoms with Gasteiger partial charge >= 0.3 is 0 Å². The molecule has 31 heavy (non-hydrogen) atoms. The van der Waals surface area contributed by atoms with Crippen LogP contribution in [0, 0.1) is 10.1 Å². The van der Waals surface area contributed by atoms with Crippen molar-refractivity contribution in [2.24, 2.45) is 0 Å². The van der Waals surface area contributed by atoms with Crippen LogP contribution in [-0.4, -0.2) is 55.8 Å². The van der Waals surface area contributed by atoms with E-state index in [0.717, 1.165) is 17.2 Å². The minimum Gasteiger partial charge on any atom is -0.493 e. The first-order chi connectivity index (χ1) is 14.6. The number of carbonyl (C=O) groups is 2. The van der Waals surface area contributed by atoms with Crippen LogP contribution < -0.4 is 9.47 Å². The molecular weight excluding hydrogens is 428 g/mol. The van der Waals surface area contributed by atoms with Crippen LogP contribution in [-0.2, 0) is 9.84 Å². The van der Waals surface area contributed by atoms with Gasteiger partial charge in [0.1, 0.15) is 15.4 Å². The summed E-state index contributed by atoms with van der Waals surface area (Å²) in [7, 11) is -2.22. The molecule has 0 aromatic heterocycles. The minimum absolute atomic E-state index is 0.142. The maximum absolute atomic E-state index is 13.1. The zero-order valence-electron chi connectivity index (χ0n) is 17.0. The number of nitrogens with zero attached hydrogens (tertiary/aromatic N) is 2. The van der Waals surface area contributed by atoms with Gasteiger partial charge in [0.05, 0.1) is 36.0 Å². The number of benzene rings is 2. The molecule has 0 radical (unpaired) electrons. The first-order valence-corrected chi connectivity index (χ1v) is 11.3. The van der Waals surface area contributed by atoms with Crippen LogP contribution in [0.25, 0.3) is 0 Å². The molecular formula is C20H20N2O8S. The number of methoxy groups -OCH3 is 1. The third kappa shape index (κ3) is 4.22. The molecule has 0 aliphatic carbocycles. The molecule has 10 nitrogen and oxygen atoms in total. The zero-order valence-corrected chi connectivity index (χ0v) is 17.8. The number of rotatable bonds is 8. The molecule has 1 aliphatic rings. The fourth-order valence-electron chi connectivity index (χ4n) is 3.50. The van der Waals surface area contributed by atoms with Crippen LogP contribution in [0.4, 0.5) is 5.69 Å². The summed E-state index contributed by atoms with van der Waals surface area (Å²) < 4.78 is 35.1. The first kappa shape index (κ1) is 22.2. The number of nitro benzene ring substituents is 1. The molecule has 11 heteroatoms. The Labute approximate surface area is 178 Å². The van der Waals surface area contributed by atoms with Crippen LogP contribution >= 0.6 is 0 Å². The number of imide groups is 1. The normalized spacial score (nSPS) is 14.4. The maximum atomic E-state index is 13.1. The fraction of sp³-hybridized carbons (Fsp3) is 0.300. The Kier molecular flexibility index (Phi) is 5.98. The standard InChI is InChI=1S/C20H20N2O8S/c1-4-30-17-10-12(8-9-16(17)29-2)15(11-31(3,27)28)21-19(23)13-6-5-7-14(22(25)26)18(13)20(21)24/h5-10,15H,4,11H2,1-3H3. The highest BCUT2D eigenvalue weighted by Crippen LogP contribution is 2.38. The van der Waals surface area contributed by atoms with E-state index >= 15 is 0 Å². The van der Waals surface area contributed by atoms with E-state index in [-0.39, 0.29) is 11.1 Å². The van der Waals surface area contributed by atoms with Gasteiger partial charge < -0.3 is 9.47 Å². The molecule has 2 aromatic rings. The van der Waals surface area contributed by atoms with Crippen molar-refractivity contribution in [1.29, 1.82) is 0 Å². The summed E-state index contributed by atoms with van der Waals surface area (Å²) >= 11 is 0. The van der Waals surface area contributed by atoms with E-state index in [0.29, 0.717) is 23.7 Å². The number of hydrogen-bond acceptors (Lipinski definition) is 8. The molecule has 1 aliphatic heterocycles. The Bertz CT molecular complexity index is 1180. The van der Waals surface area contributed by atoms with Crippen molar-refractivity contribution in [2.45, 2.75) is 13.0 Å². The largest absolute Gasteiger partial charge is 0.493 e. The highest BCUT2D eigenvalue weighted by Gasteiger charge is 2.45. The van der Waals surface area contributed by atoms with Crippen molar-refractivity contribution in [2.75, 3.05) is 25.7 Å². The van der Waals surface area contributed by atoms with Crippen molar-refractivity contribution in [3.63, 3.8) is 0 Å². The number of ether oxygens (including phenoxy) is 2. The van der Waals surface area contributed by atoms with Crippen molar-refractivity contribution >= 4 is 27.3 Å². The number of carbonyl (C=O) groups excluding carboxylic acids is 2. The molecule has 1 atom stereocenters. The Hall–Kier alpha value is -3.47. The summed E-state index contributed by atoms with van der Waals surface area (Å²) in [6, 6.07) is 7.07. The molecule has 2 amide bonds. The van der Waals surface area contributed by atoms with Crippen LogP contribution in [0.1, 0.15) is 39.2 Å². The Morgan fingerprint density at radius 1 is 1.13 bits per heavy atom. The monoisotopic (exact) mass is 448 g/mol. The van der Waals surface area contributed by atoms with Gasteiger partial charge in [-0.3, -0.25) is 24.6 Å². The average molecular weight is 448 g/mol. The second kappa shape index (κ2) is 8.34. The number of hydrogen-bond donors (Lipinski definition) is 0. The van der Waals surface area contributed by atoms with E-state index < -0.39 is 44.1 Å². The van der Waals surface area contributed by atoms with Crippen LogP contribution in [0.3, 0.4) is 0 Å².